The van der Waals surface area contributed by atoms with Crippen LogP contribution in [0, 0.1) is 0 Å². The lowest BCUT2D eigenvalue weighted by molar-refractivity contribution is -0.110. The Morgan fingerprint density at radius 2 is 1.95 bits per heavy atom. The SMILES string of the molecule is O=C1Nc2cc(Br)ccc2/C1=C/Nc1ccc(CCO)cc1. The molecule has 0 atom stereocenters. The number of aliphatic hydroxyl groups excluding tert-OH is 1. The fourth-order valence-corrected chi connectivity index (χ4v) is 2.72. The first-order chi connectivity index (χ1) is 10.7. The Hall–Kier alpha value is -2.11. The molecule has 1 heterocycles. The summed E-state index contributed by atoms with van der Waals surface area (Å²) >= 11 is 3.40. The third-order valence-corrected chi connectivity index (χ3v) is 4.00. The van der Waals surface area contributed by atoms with Crippen LogP contribution < -0.4 is 10.6 Å². The minimum Gasteiger partial charge on any atom is -0.396 e. The highest BCUT2D eigenvalue weighted by Gasteiger charge is 2.23. The molecule has 0 bridgehead atoms. The number of halogens is 1. The second-order valence-electron chi connectivity index (χ2n) is 5.02. The molecule has 0 spiro atoms. The first kappa shape index (κ1) is 14.8. The smallest absolute Gasteiger partial charge is 0.257 e. The summed E-state index contributed by atoms with van der Waals surface area (Å²) in [6, 6.07) is 13.5. The number of fused-ring (bicyclic) bond motifs is 1. The number of aliphatic hydroxyl groups is 1. The number of hydrogen-bond acceptors (Lipinski definition) is 3. The Morgan fingerprint density at radius 3 is 2.68 bits per heavy atom. The van der Waals surface area contributed by atoms with E-state index in [1.54, 1.807) is 6.20 Å². The molecule has 0 aliphatic carbocycles. The van der Waals surface area contributed by atoms with Crippen LogP contribution in [-0.4, -0.2) is 17.6 Å². The monoisotopic (exact) mass is 358 g/mol. The molecule has 4 nitrogen and oxygen atoms in total. The van der Waals surface area contributed by atoms with Crippen molar-refractivity contribution in [3.8, 4) is 0 Å². The second kappa shape index (κ2) is 6.34. The molecule has 1 aliphatic heterocycles. The zero-order valence-corrected chi connectivity index (χ0v) is 13.4. The molecule has 112 valence electrons. The van der Waals surface area contributed by atoms with Gasteiger partial charge in [-0.05, 0) is 36.2 Å². The fourth-order valence-electron chi connectivity index (χ4n) is 2.36. The number of amides is 1. The highest BCUT2D eigenvalue weighted by molar-refractivity contribution is 9.10. The number of carbonyl (C=O) groups excluding carboxylic acids is 1. The topological polar surface area (TPSA) is 61.4 Å². The summed E-state index contributed by atoms with van der Waals surface area (Å²) in [4.78, 5) is 12.0. The van der Waals surface area contributed by atoms with Crippen molar-refractivity contribution >= 4 is 38.8 Å². The molecule has 0 unspecified atom stereocenters. The third-order valence-electron chi connectivity index (χ3n) is 3.50. The zero-order valence-electron chi connectivity index (χ0n) is 11.8. The molecule has 2 aromatic carbocycles. The van der Waals surface area contributed by atoms with Crippen molar-refractivity contribution in [2.75, 3.05) is 17.2 Å². The van der Waals surface area contributed by atoms with Gasteiger partial charge in [0, 0.05) is 28.5 Å². The van der Waals surface area contributed by atoms with Crippen molar-refractivity contribution in [3.05, 3.63) is 64.3 Å². The molecule has 0 saturated heterocycles. The highest BCUT2D eigenvalue weighted by Crippen LogP contribution is 2.33. The molecule has 0 radical (unpaired) electrons. The lowest BCUT2D eigenvalue weighted by Crippen LogP contribution is -2.05. The summed E-state index contributed by atoms with van der Waals surface area (Å²) in [5, 5.41) is 14.9. The average molecular weight is 359 g/mol. The lowest BCUT2D eigenvalue weighted by atomic mass is 10.1. The minimum atomic E-state index is -0.113. The number of benzene rings is 2. The molecule has 0 saturated carbocycles. The first-order valence-corrected chi connectivity index (χ1v) is 7.74. The van der Waals surface area contributed by atoms with Gasteiger partial charge in [-0.25, -0.2) is 0 Å². The van der Waals surface area contributed by atoms with Crippen LogP contribution in [0.5, 0.6) is 0 Å². The third kappa shape index (κ3) is 3.05. The van der Waals surface area contributed by atoms with Gasteiger partial charge in [0.1, 0.15) is 0 Å². The largest absolute Gasteiger partial charge is 0.396 e. The summed E-state index contributed by atoms with van der Waals surface area (Å²) in [6.45, 7) is 0.142. The van der Waals surface area contributed by atoms with E-state index < -0.39 is 0 Å². The quantitative estimate of drug-likeness (QED) is 0.734. The molecule has 5 heteroatoms. The van der Waals surface area contributed by atoms with E-state index >= 15 is 0 Å². The maximum atomic E-state index is 12.0. The van der Waals surface area contributed by atoms with Crippen LogP contribution in [0.2, 0.25) is 0 Å². The van der Waals surface area contributed by atoms with Gasteiger partial charge in [0.25, 0.3) is 5.91 Å². The molecular weight excluding hydrogens is 344 g/mol. The minimum absolute atomic E-state index is 0.113. The van der Waals surface area contributed by atoms with Gasteiger partial charge in [-0.2, -0.15) is 0 Å². The summed E-state index contributed by atoms with van der Waals surface area (Å²) in [5.41, 5.74) is 4.28. The standard InChI is InChI=1S/C17H15BrN2O2/c18-12-3-6-14-15(17(22)20-16(14)9-12)10-19-13-4-1-11(2-5-13)7-8-21/h1-6,9-10,19,21H,7-8H2,(H,20,22)/b15-10-. The van der Waals surface area contributed by atoms with Crippen molar-refractivity contribution in [2.24, 2.45) is 0 Å². The van der Waals surface area contributed by atoms with Gasteiger partial charge in [0.2, 0.25) is 0 Å². The summed E-state index contributed by atoms with van der Waals surface area (Å²) in [6.07, 6.45) is 2.36. The van der Waals surface area contributed by atoms with Gasteiger partial charge in [0.15, 0.2) is 0 Å². The van der Waals surface area contributed by atoms with E-state index in [1.165, 1.54) is 0 Å². The van der Waals surface area contributed by atoms with Crippen molar-refractivity contribution in [3.63, 3.8) is 0 Å². The van der Waals surface area contributed by atoms with E-state index in [-0.39, 0.29) is 12.5 Å². The van der Waals surface area contributed by atoms with Gasteiger partial charge < -0.3 is 15.7 Å². The van der Waals surface area contributed by atoms with Crippen molar-refractivity contribution in [1.29, 1.82) is 0 Å². The van der Waals surface area contributed by atoms with E-state index in [9.17, 15) is 4.79 Å². The summed E-state index contributed by atoms with van der Waals surface area (Å²) in [7, 11) is 0. The van der Waals surface area contributed by atoms with Gasteiger partial charge >= 0.3 is 0 Å². The Kier molecular flexibility index (Phi) is 4.27. The first-order valence-electron chi connectivity index (χ1n) is 6.95. The van der Waals surface area contributed by atoms with Gasteiger partial charge in [-0.1, -0.05) is 34.1 Å². The average Bonchev–Trinajstić information content (AvgIpc) is 2.81. The number of hydrogen-bond donors (Lipinski definition) is 3. The van der Waals surface area contributed by atoms with Crippen molar-refractivity contribution in [2.45, 2.75) is 6.42 Å². The number of nitrogens with one attached hydrogen (secondary N) is 2. The summed E-state index contributed by atoms with van der Waals surface area (Å²) < 4.78 is 0.931. The molecule has 2 aromatic rings. The maximum Gasteiger partial charge on any atom is 0.257 e. The van der Waals surface area contributed by atoms with Gasteiger partial charge in [-0.15, -0.1) is 0 Å². The van der Waals surface area contributed by atoms with E-state index in [4.69, 9.17) is 5.11 Å². The molecule has 1 aliphatic rings. The number of rotatable bonds is 4. The van der Waals surface area contributed by atoms with E-state index in [2.05, 4.69) is 26.6 Å². The molecule has 1 amide bonds. The van der Waals surface area contributed by atoms with Crippen molar-refractivity contribution < 1.29 is 9.90 Å². The molecule has 22 heavy (non-hydrogen) atoms. The number of carbonyl (C=O) groups is 1. The van der Waals surface area contributed by atoms with E-state index in [0.717, 1.165) is 27.0 Å². The van der Waals surface area contributed by atoms with Crippen LogP contribution >= 0.6 is 15.9 Å². The zero-order chi connectivity index (χ0) is 15.5. The Balaban J connectivity index is 1.80. The lowest BCUT2D eigenvalue weighted by Gasteiger charge is -2.04. The van der Waals surface area contributed by atoms with Crippen LogP contribution in [0.4, 0.5) is 11.4 Å². The maximum absolute atomic E-state index is 12.0. The van der Waals surface area contributed by atoms with Crippen LogP contribution in [-0.2, 0) is 11.2 Å². The molecular formula is C17H15BrN2O2. The Bertz CT molecular complexity index is 739. The van der Waals surface area contributed by atoms with Crippen molar-refractivity contribution in [1.82, 2.24) is 0 Å². The Morgan fingerprint density at radius 1 is 1.18 bits per heavy atom. The molecule has 3 N–H and O–H groups in total. The number of anilines is 2. The predicted molar refractivity (Wildman–Crippen MR) is 91.6 cm³/mol. The molecule has 3 rings (SSSR count). The fraction of sp³-hybridized carbons (Fsp3) is 0.118. The summed E-state index contributed by atoms with van der Waals surface area (Å²) in [5.74, 6) is -0.113. The van der Waals surface area contributed by atoms with Crippen LogP contribution in [0.25, 0.3) is 5.57 Å². The Labute approximate surface area is 137 Å². The normalized spacial score (nSPS) is 14.8. The van der Waals surface area contributed by atoms with Crippen LogP contribution in [0.3, 0.4) is 0 Å². The predicted octanol–water partition coefficient (Wildman–Crippen LogP) is 3.39. The van der Waals surface area contributed by atoms with Crippen LogP contribution in [0.1, 0.15) is 11.1 Å². The van der Waals surface area contributed by atoms with E-state index in [0.29, 0.717) is 12.0 Å². The molecule has 0 aromatic heterocycles. The second-order valence-corrected chi connectivity index (χ2v) is 5.93. The van der Waals surface area contributed by atoms with Gasteiger partial charge in [-0.3, -0.25) is 4.79 Å². The van der Waals surface area contributed by atoms with E-state index in [1.807, 2.05) is 42.5 Å². The molecule has 0 fully saturated rings. The van der Waals surface area contributed by atoms with Crippen LogP contribution in [0.15, 0.2) is 53.1 Å². The van der Waals surface area contributed by atoms with Gasteiger partial charge in [0.05, 0.1) is 11.3 Å². The highest BCUT2D eigenvalue weighted by atomic mass is 79.9.